The summed E-state index contributed by atoms with van der Waals surface area (Å²) in [6.45, 7) is 1.99. The first kappa shape index (κ1) is 23.4. The monoisotopic (exact) mass is 597 g/mol. The average molecular weight is 597 g/mol. The summed E-state index contributed by atoms with van der Waals surface area (Å²) in [5, 5.41) is 11.4. The van der Waals surface area contributed by atoms with Crippen molar-refractivity contribution < 1.29 is 0 Å². The third-order valence-electron chi connectivity index (χ3n) is 5.23. The lowest BCUT2D eigenvalue weighted by Gasteiger charge is -2.07. The standard InChI is InChI=1S/C22H20IN11S/c23-13-3-4-14-16(10-13)31-18(30-14)5-8-25-9-6-19-32-20-21(28-12-29-22(20)35-19)27-11-17-15(33-34-24)2-1-7-26-17/h1-4,7,10,12,25H,5-6,8-9,11H2,(H,30,31)(H,27,28,29). The molecule has 4 heterocycles. The SMILES string of the molecule is [N-]=[N+]=Nc1cccnc1CNc1ncnc2sc(CCNCCc3nc4ccc(I)cc4[nH]3)nc12. The topological polar surface area (TPSA) is 153 Å². The lowest BCUT2D eigenvalue weighted by atomic mass is 10.3. The van der Waals surface area contributed by atoms with E-state index in [4.69, 9.17) is 10.5 Å². The number of hydrogen-bond acceptors (Lipinski definition) is 9. The number of nitrogens with one attached hydrogen (secondary N) is 3. The minimum atomic E-state index is 0.358. The van der Waals surface area contributed by atoms with E-state index in [1.54, 1.807) is 29.7 Å². The number of thiazole rings is 1. The van der Waals surface area contributed by atoms with Crippen molar-refractivity contribution in [3.63, 3.8) is 0 Å². The summed E-state index contributed by atoms with van der Waals surface area (Å²) in [4.78, 5) is 29.5. The molecule has 0 atom stereocenters. The summed E-state index contributed by atoms with van der Waals surface area (Å²) in [6, 6.07) is 9.67. The molecule has 3 N–H and O–H groups in total. The highest BCUT2D eigenvalue weighted by Gasteiger charge is 2.12. The van der Waals surface area contributed by atoms with Gasteiger partial charge in [0.1, 0.15) is 22.5 Å². The van der Waals surface area contributed by atoms with Crippen LogP contribution in [0.3, 0.4) is 0 Å². The van der Waals surface area contributed by atoms with Gasteiger partial charge in [-0.05, 0) is 58.5 Å². The van der Waals surface area contributed by atoms with Gasteiger partial charge in [0.2, 0.25) is 0 Å². The van der Waals surface area contributed by atoms with Crippen LogP contribution in [-0.2, 0) is 19.4 Å². The predicted octanol–water partition coefficient (Wildman–Crippen LogP) is 4.89. The number of benzene rings is 1. The Kier molecular flexibility index (Phi) is 7.28. The van der Waals surface area contributed by atoms with Crippen molar-refractivity contribution in [2.75, 3.05) is 18.4 Å². The fourth-order valence-corrected chi connectivity index (χ4v) is 4.98. The van der Waals surface area contributed by atoms with Crippen LogP contribution in [0.2, 0.25) is 0 Å². The third kappa shape index (κ3) is 5.65. The Labute approximate surface area is 217 Å². The minimum absolute atomic E-state index is 0.358. The van der Waals surface area contributed by atoms with E-state index >= 15 is 0 Å². The Morgan fingerprint density at radius 2 is 2.03 bits per heavy atom. The molecule has 0 spiro atoms. The van der Waals surface area contributed by atoms with Crippen molar-refractivity contribution >= 4 is 66.8 Å². The maximum Gasteiger partial charge on any atom is 0.157 e. The van der Waals surface area contributed by atoms with Gasteiger partial charge in [-0.2, -0.15) is 0 Å². The molecule has 1 aromatic carbocycles. The van der Waals surface area contributed by atoms with E-state index in [1.165, 1.54) is 9.90 Å². The molecule has 4 aromatic heterocycles. The number of azide groups is 1. The second-order valence-electron chi connectivity index (χ2n) is 7.59. The summed E-state index contributed by atoms with van der Waals surface area (Å²) in [5.74, 6) is 1.61. The van der Waals surface area contributed by atoms with E-state index < -0.39 is 0 Å². The highest BCUT2D eigenvalue weighted by Crippen LogP contribution is 2.26. The summed E-state index contributed by atoms with van der Waals surface area (Å²) in [7, 11) is 0. The minimum Gasteiger partial charge on any atom is -0.362 e. The van der Waals surface area contributed by atoms with Gasteiger partial charge in [0, 0.05) is 40.6 Å². The first-order valence-corrected chi connectivity index (χ1v) is 12.8. The van der Waals surface area contributed by atoms with Crippen molar-refractivity contribution in [1.29, 1.82) is 0 Å². The molecule has 0 aliphatic heterocycles. The number of imidazole rings is 1. The molecule has 11 nitrogen and oxygen atoms in total. The Morgan fingerprint density at radius 3 is 2.94 bits per heavy atom. The van der Waals surface area contributed by atoms with Gasteiger partial charge in [0.25, 0.3) is 0 Å². The Balaban J connectivity index is 1.16. The van der Waals surface area contributed by atoms with Crippen LogP contribution in [0.5, 0.6) is 0 Å². The molecule has 0 saturated carbocycles. The highest BCUT2D eigenvalue weighted by atomic mass is 127. The van der Waals surface area contributed by atoms with E-state index in [0.29, 0.717) is 23.7 Å². The fraction of sp³-hybridized carbons (Fsp3) is 0.227. The Bertz CT molecular complexity index is 1520. The van der Waals surface area contributed by atoms with Crippen LogP contribution in [0, 0.1) is 3.57 Å². The van der Waals surface area contributed by atoms with E-state index in [0.717, 1.165) is 58.1 Å². The number of nitrogens with zero attached hydrogens (tertiary/aromatic N) is 8. The Morgan fingerprint density at radius 1 is 1.11 bits per heavy atom. The first-order chi connectivity index (χ1) is 17.2. The van der Waals surface area contributed by atoms with Crippen molar-refractivity contribution in [1.82, 2.24) is 35.2 Å². The maximum absolute atomic E-state index is 8.75. The molecule has 0 aliphatic rings. The van der Waals surface area contributed by atoms with Gasteiger partial charge < -0.3 is 15.6 Å². The van der Waals surface area contributed by atoms with E-state index in [1.807, 2.05) is 6.07 Å². The van der Waals surface area contributed by atoms with Crippen molar-refractivity contribution in [3.05, 3.63) is 73.4 Å². The zero-order valence-electron chi connectivity index (χ0n) is 18.4. The number of H-pyrrole nitrogens is 1. The van der Waals surface area contributed by atoms with E-state index in [9.17, 15) is 0 Å². The molecule has 0 bridgehead atoms. The molecule has 0 saturated heterocycles. The van der Waals surface area contributed by atoms with E-state index in [2.05, 4.69) is 80.3 Å². The molecule has 176 valence electrons. The summed E-state index contributed by atoms with van der Waals surface area (Å²) >= 11 is 3.86. The molecular formula is C22H20IN11S. The second-order valence-corrected chi connectivity index (χ2v) is 9.90. The largest absolute Gasteiger partial charge is 0.362 e. The van der Waals surface area contributed by atoms with Gasteiger partial charge in [-0.3, -0.25) is 4.98 Å². The summed E-state index contributed by atoms with van der Waals surface area (Å²) in [5.41, 5.74) is 12.7. The van der Waals surface area contributed by atoms with Crippen molar-refractivity contribution in [3.8, 4) is 0 Å². The number of aromatic amines is 1. The molecule has 5 aromatic rings. The van der Waals surface area contributed by atoms with Crippen LogP contribution in [0.4, 0.5) is 11.5 Å². The van der Waals surface area contributed by atoms with Gasteiger partial charge in [-0.15, -0.1) is 0 Å². The maximum atomic E-state index is 8.75. The third-order valence-corrected chi connectivity index (χ3v) is 6.92. The quantitative estimate of drug-likeness (QED) is 0.0681. The fourth-order valence-electron chi connectivity index (χ4n) is 3.59. The zero-order chi connectivity index (χ0) is 24.0. The molecule has 0 radical (unpaired) electrons. The summed E-state index contributed by atoms with van der Waals surface area (Å²) in [6.07, 6.45) is 4.80. The van der Waals surface area contributed by atoms with E-state index in [-0.39, 0.29) is 0 Å². The predicted molar refractivity (Wildman–Crippen MR) is 145 cm³/mol. The molecule has 5 rings (SSSR count). The smallest absolute Gasteiger partial charge is 0.157 e. The van der Waals surface area contributed by atoms with Gasteiger partial charge >= 0.3 is 0 Å². The first-order valence-electron chi connectivity index (χ1n) is 10.9. The van der Waals surface area contributed by atoms with Gasteiger partial charge in [-0.25, -0.2) is 19.9 Å². The molecule has 0 amide bonds. The normalized spacial score (nSPS) is 11.1. The molecule has 35 heavy (non-hydrogen) atoms. The number of aromatic nitrogens is 6. The van der Waals surface area contributed by atoms with Gasteiger partial charge in [0.15, 0.2) is 5.82 Å². The lowest BCUT2D eigenvalue weighted by molar-refractivity contribution is 0.670. The number of halogens is 1. The number of hydrogen-bond donors (Lipinski definition) is 3. The Hall–Kier alpha value is -3.39. The van der Waals surface area contributed by atoms with Crippen LogP contribution >= 0.6 is 33.9 Å². The number of pyridine rings is 1. The molecule has 0 unspecified atom stereocenters. The summed E-state index contributed by atoms with van der Waals surface area (Å²) < 4.78 is 1.19. The average Bonchev–Trinajstić information content (AvgIpc) is 3.46. The van der Waals surface area contributed by atoms with Crippen LogP contribution < -0.4 is 10.6 Å². The molecule has 13 heteroatoms. The number of anilines is 1. The van der Waals surface area contributed by atoms with Crippen LogP contribution in [0.15, 0.2) is 48.0 Å². The number of fused-ring (bicyclic) bond motifs is 2. The second kappa shape index (κ2) is 10.9. The van der Waals surface area contributed by atoms with Gasteiger partial charge in [0.05, 0.1) is 34.0 Å². The van der Waals surface area contributed by atoms with Crippen molar-refractivity contribution in [2.24, 2.45) is 5.11 Å². The zero-order valence-corrected chi connectivity index (χ0v) is 21.4. The highest BCUT2D eigenvalue weighted by molar-refractivity contribution is 14.1. The van der Waals surface area contributed by atoms with Crippen molar-refractivity contribution in [2.45, 2.75) is 19.4 Å². The van der Waals surface area contributed by atoms with Crippen LogP contribution in [-0.4, -0.2) is 43.0 Å². The molecule has 0 aliphatic carbocycles. The van der Waals surface area contributed by atoms with Gasteiger partial charge in [-0.1, -0.05) is 16.5 Å². The van der Waals surface area contributed by atoms with Crippen LogP contribution in [0.25, 0.3) is 31.8 Å². The lowest BCUT2D eigenvalue weighted by Crippen LogP contribution is -2.20. The van der Waals surface area contributed by atoms with Crippen LogP contribution in [0.1, 0.15) is 16.5 Å². The molecular weight excluding hydrogens is 577 g/mol. The molecule has 0 fully saturated rings. The number of rotatable bonds is 10.